The molecule has 2 rings (SSSR count). The topological polar surface area (TPSA) is 50.1 Å². The van der Waals surface area contributed by atoms with Gasteiger partial charge in [-0.3, -0.25) is 0 Å². The molecule has 0 unspecified atom stereocenters. The number of aromatic nitrogens is 2. The maximum atomic E-state index is 13.0. The van der Waals surface area contributed by atoms with Crippen molar-refractivity contribution in [3.8, 4) is 5.69 Å². The summed E-state index contributed by atoms with van der Waals surface area (Å²) >= 11 is 0. The second-order valence-electron chi connectivity index (χ2n) is 5.95. The molecule has 4 nitrogen and oxygen atoms in total. The highest BCUT2D eigenvalue weighted by atomic mass is 19.1. The zero-order valence-electron chi connectivity index (χ0n) is 12.9. The molecule has 2 aromatic rings. The number of aryl methyl sites for hydroxylation is 1. The molecular weight excluding hydrogens is 269 g/mol. The molecule has 1 heterocycles. The van der Waals surface area contributed by atoms with E-state index < -0.39 is 5.60 Å². The molecular formula is C16H22FN3O. The average molecular weight is 291 g/mol. The molecule has 0 spiro atoms. The van der Waals surface area contributed by atoms with Crippen LogP contribution in [-0.2, 0) is 6.54 Å². The minimum Gasteiger partial charge on any atom is -0.389 e. The second-order valence-corrected chi connectivity index (χ2v) is 5.95. The van der Waals surface area contributed by atoms with Crippen LogP contribution in [0.1, 0.15) is 30.8 Å². The summed E-state index contributed by atoms with van der Waals surface area (Å²) < 4.78 is 14.8. The van der Waals surface area contributed by atoms with Crippen LogP contribution >= 0.6 is 0 Å². The number of hydrogen-bond acceptors (Lipinski definition) is 3. The smallest absolute Gasteiger partial charge is 0.123 e. The monoisotopic (exact) mass is 291 g/mol. The van der Waals surface area contributed by atoms with Gasteiger partial charge in [-0.05, 0) is 52.0 Å². The molecule has 5 heteroatoms. The number of benzene rings is 1. The molecule has 114 valence electrons. The zero-order chi connectivity index (χ0) is 15.6. The first-order valence-electron chi connectivity index (χ1n) is 7.02. The SMILES string of the molecule is Cc1nn(-c2ccc(F)cc2)c(C)c1CNCC(C)(C)O. The molecule has 1 aromatic carbocycles. The van der Waals surface area contributed by atoms with Gasteiger partial charge in [0.05, 0.1) is 17.0 Å². The summed E-state index contributed by atoms with van der Waals surface area (Å²) in [5.41, 5.74) is 3.14. The standard InChI is InChI=1S/C16H22FN3O/c1-11-15(9-18-10-16(3,4)21)12(2)20(19-11)14-7-5-13(17)6-8-14/h5-8,18,21H,9-10H2,1-4H3. The third-order valence-electron chi connectivity index (χ3n) is 3.37. The molecule has 0 fully saturated rings. The van der Waals surface area contributed by atoms with Gasteiger partial charge in [0, 0.05) is 24.3 Å². The number of halogens is 1. The summed E-state index contributed by atoms with van der Waals surface area (Å²) in [6.07, 6.45) is 0. The van der Waals surface area contributed by atoms with Crippen molar-refractivity contribution in [2.45, 2.75) is 39.8 Å². The van der Waals surface area contributed by atoms with E-state index in [-0.39, 0.29) is 5.82 Å². The Kier molecular flexibility index (Phi) is 4.44. The molecule has 0 radical (unpaired) electrons. The van der Waals surface area contributed by atoms with Crippen molar-refractivity contribution in [3.05, 3.63) is 47.0 Å². The molecule has 0 saturated heterocycles. The van der Waals surface area contributed by atoms with Crippen molar-refractivity contribution in [2.75, 3.05) is 6.54 Å². The van der Waals surface area contributed by atoms with Crippen LogP contribution in [0.3, 0.4) is 0 Å². The lowest BCUT2D eigenvalue weighted by atomic mass is 10.1. The largest absolute Gasteiger partial charge is 0.389 e. The summed E-state index contributed by atoms with van der Waals surface area (Å²) in [6.45, 7) is 8.62. The van der Waals surface area contributed by atoms with Gasteiger partial charge in [0.2, 0.25) is 0 Å². The van der Waals surface area contributed by atoms with E-state index in [4.69, 9.17) is 0 Å². The Bertz CT molecular complexity index is 612. The van der Waals surface area contributed by atoms with Crippen LogP contribution in [0.4, 0.5) is 4.39 Å². The van der Waals surface area contributed by atoms with Crippen LogP contribution in [-0.4, -0.2) is 27.0 Å². The van der Waals surface area contributed by atoms with Crippen molar-refractivity contribution < 1.29 is 9.50 Å². The highest BCUT2D eigenvalue weighted by Crippen LogP contribution is 2.18. The van der Waals surface area contributed by atoms with Crippen LogP contribution < -0.4 is 5.32 Å². The van der Waals surface area contributed by atoms with E-state index in [1.54, 1.807) is 26.0 Å². The van der Waals surface area contributed by atoms with Crippen molar-refractivity contribution in [1.82, 2.24) is 15.1 Å². The predicted octanol–water partition coefficient (Wildman–Crippen LogP) is 2.49. The summed E-state index contributed by atoms with van der Waals surface area (Å²) in [5.74, 6) is -0.257. The highest BCUT2D eigenvalue weighted by Gasteiger charge is 2.15. The Balaban J connectivity index is 2.19. The van der Waals surface area contributed by atoms with Crippen molar-refractivity contribution in [3.63, 3.8) is 0 Å². The molecule has 0 aliphatic rings. The fraction of sp³-hybridized carbons (Fsp3) is 0.438. The van der Waals surface area contributed by atoms with Gasteiger partial charge in [-0.2, -0.15) is 5.10 Å². The van der Waals surface area contributed by atoms with E-state index in [2.05, 4.69) is 10.4 Å². The third-order valence-corrected chi connectivity index (χ3v) is 3.37. The van der Waals surface area contributed by atoms with Gasteiger partial charge in [0.25, 0.3) is 0 Å². The number of hydrogen-bond donors (Lipinski definition) is 2. The number of nitrogens with zero attached hydrogens (tertiary/aromatic N) is 2. The van der Waals surface area contributed by atoms with Crippen LogP contribution in [0.5, 0.6) is 0 Å². The van der Waals surface area contributed by atoms with Gasteiger partial charge >= 0.3 is 0 Å². The van der Waals surface area contributed by atoms with E-state index in [9.17, 15) is 9.50 Å². The third kappa shape index (κ3) is 3.89. The maximum Gasteiger partial charge on any atom is 0.123 e. The first kappa shape index (κ1) is 15.7. The molecule has 0 aliphatic heterocycles. The fourth-order valence-corrected chi connectivity index (χ4v) is 2.26. The predicted molar refractivity (Wildman–Crippen MR) is 81.0 cm³/mol. The number of nitrogens with one attached hydrogen (secondary N) is 1. The van der Waals surface area contributed by atoms with Gasteiger partial charge in [0.1, 0.15) is 5.82 Å². The Morgan fingerprint density at radius 2 is 1.86 bits per heavy atom. The lowest BCUT2D eigenvalue weighted by Gasteiger charge is -2.17. The summed E-state index contributed by atoms with van der Waals surface area (Å²) in [4.78, 5) is 0. The fourth-order valence-electron chi connectivity index (χ4n) is 2.26. The summed E-state index contributed by atoms with van der Waals surface area (Å²) in [6, 6.07) is 6.28. The lowest BCUT2D eigenvalue weighted by molar-refractivity contribution is 0.0794. The molecule has 0 amide bonds. The Hall–Kier alpha value is -1.72. The molecule has 0 aliphatic carbocycles. The first-order valence-corrected chi connectivity index (χ1v) is 7.02. The van der Waals surface area contributed by atoms with Gasteiger partial charge in [-0.1, -0.05) is 0 Å². The molecule has 21 heavy (non-hydrogen) atoms. The first-order chi connectivity index (χ1) is 9.78. The molecule has 0 saturated carbocycles. The van der Waals surface area contributed by atoms with Crippen LogP contribution in [0, 0.1) is 19.7 Å². The van der Waals surface area contributed by atoms with E-state index in [1.807, 2.05) is 18.5 Å². The van der Waals surface area contributed by atoms with Gasteiger partial charge in [-0.15, -0.1) is 0 Å². The summed E-state index contributed by atoms with van der Waals surface area (Å²) in [7, 11) is 0. The normalized spacial score (nSPS) is 11.9. The maximum absolute atomic E-state index is 13.0. The lowest BCUT2D eigenvalue weighted by Crippen LogP contribution is -2.34. The Labute approximate surface area is 124 Å². The van der Waals surface area contributed by atoms with Crippen molar-refractivity contribution in [1.29, 1.82) is 0 Å². The van der Waals surface area contributed by atoms with Gasteiger partial charge < -0.3 is 10.4 Å². The van der Waals surface area contributed by atoms with E-state index in [0.29, 0.717) is 13.1 Å². The van der Waals surface area contributed by atoms with Gasteiger partial charge in [0.15, 0.2) is 0 Å². The van der Waals surface area contributed by atoms with E-state index >= 15 is 0 Å². The average Bonchev–Trinajstić information content (AvgIpc) is 2.66. The van der Waals surface area contributed by atoms with Gasteiger partial charge in [-0.25, -0.2) is 9.07 Å². The highest BCUT2D eigenvalue weighted by molar-refractivity contribution is 5.37. The Morgan fingerprint density at radius 1 is 1.24 bits per heavy atom. The minimum atomic E-state index is -0.741. The quantitative estimate of drug-likeness (QED) is 0.890. The van der Waals surface area contributed by atoms with Crippen molar-refractivity contribution >= 4 is 0 Å². The number of aliphatic hydroxyl groups is 1. The van der Waals surface area contributed by atoms with E-state index in [0.717, 1.165) is 22.6 Å². The van der Waals surface area contributed by atoms with Crippen LogP contribution in [0.15, 0.2) is 24.3 Å². The Morgan fingerprint density at radius 3 is 2.43 bits per heavy atom. The van der Waals surface area contributed by atoms with Crippen LogP contribution in [0.2, 0.25) is 0 Å². The second kappa shape index (κ2) is 5.95. The molecule has 0 atom stereocenters. The minimum absolute atomic E-state index is 0.257. The van der Waals surface area contributed by atoms with E-state index in [1.165, 1.54) is 12.1 Å². The molecule has 1 aromatic heterocycles. The van der Waals surface area contributed by atoms with Crippen molar-refractivity contribution in [2.24, 2.45) is 0 Å². The number of rotatable bonds is 5. The zero-order valence-corrected chi connectivity index (χ0v) is 12.9. The summed E-state index contributed by atoms with van der Waals surface area (Å²) in [5, 5.41) is 17.5. The molecule has 2 N–H and O–H groups in total. The van der Waals surface area contributed by atoms with Crippen LogP contribution in [0.25, 0.3) is 5.69 Å². The molecule has 0 bridgehead atoms.